The monoisotopic (exact) mass is 246 g/mol. The maximum Gasteiger partial charge on any atom is 0.0337 e. The molecule has 0 aliphatic heterocycles. The summed E-state index contributed by atoms with van der Waals surface area (Å²) in [5, 5.41) is 6.71. The minimum atomic E-state index is 0.984. The predicted molar refractivity (Wildman–Crippen MR) is 78.9 cm³/mol. The molecular formula is C16H26N2. The molecule has 0 bridgehead atoms. The van der Waals surface area contributed by atoms with Crippen molar-refractivity contribution in [3.8, 4) is 0 Å². The van der Waals surface area contributed by atoms with Gasteiger partial charge in [-0.1, -0.05) is 44.2 Å². The highest BCUT2D eigenvalue weighted by atomic mass is 14.8. The first-order valence-corrected chi connectivity index (χ1v) is 7.36. The molecule has 1 fully saturated rings. The fraction of sp³-hybridized carbons (Fsp3) is 0.625. The molecule has 100 valence electrons. The van der Waals surface area contributed by atoms with E-state index in [9.17, 15) is 0 Å². The molecule has 2 nitrogen and oxygen atoms in total. The highest BCUT2D eigenvalue weighted by molar-refractivity contribution is 5.43. The van der Waals surface area contributed by atoms with Gasteiger partial charge in [-0.25, -0.2) is 0 Å². The number of anilines is 1. The summed E-state index contributed by atoms with van der Waals surface area (Å²) in [6.07, 6.45) is 8.64. The lowest BCUT2D eigenvalue weighted by molar-refractivity contribution is 0.334. The Kier molecular flexibility index (Phi) is 5.53. The van der Waals surface area contributed by atoms with Gasteiger partial charge in [0.15, 0.2) is 0 Å². The number of benzene rings is 1. The van der Waals surface area contributed by atoms with Crippen LogP contribution in [-0.4, -0.2) is 13.6 Å². The molecule has 0 amide bonds. The van der Waals surface area contributed by atoms with E-state index in [1.54, 1.807) is 0 Å². The Labute approximate surface area is 111 Å². The largest absolute Gasteiger partial charge is 0.388 e. The van der Waals surface area contributed by atoms with Crippen LogP contribution in [0.1, 0.15) is 44.1 Å². The molecule has 0 unspecified atom stereocenters. The second-order valence-corrected chi connectivity index (χ2v) is 5.42. The summed E-state index contributed by atoms with van der Waals surface area (Å²) in [5.41, 5.74) is 2.55. The van der Waals surface area contributed by atoms with E-state index < -0.39 is 0 Å². The lowest BCUT2D eigenvalue weighted by Crippen LogP contribution is -2.19. The van der Waals surface area contributed by atoms with Crippen LogP contribution >= 0.6 is 0 Å². The minimum Gasteiger partial charge on any atom is -0.388 e. The van der Waals surface area contributed by atoms with Gasteiger partial charge in [0.05, 0.1) is 0 Å². The van der Waals surface area contributed by atoms with E-state index >= 15 is 0 Å². The summed E-state index contributed by atoms with van der Waals surface area (Å²) in [6.45, 7) is 2.16. The smallest absolute Gasteiger partial charge is 0.0337 e. The lowest BCUT2D eigenvalue weighted by Gasteiger charge is -2.21. The van der Waals surface area contributed by atoms with Gasteiger partial charge in [-0.05, 0) is 36.6 Å². The predicted octanol–water partition coefficient (Wildman–Crippen LogP) is 3.79. The maximum absolute atomic E-state index is 3.57. The topological polar surface area (TPSA) is 24.1 Å². The fourth-order valence-electron chi connectivity index (χ4n) is 2.80. The zero-order valence-corrected chi connectivity index (χ0v) is 11.5. The Morgan fingerprint density at radius 3 is 2.44 bits per heavy atom. The maximum atomic E-state index is 3.57. The van der Waals surface area contributed by atoms with Crippen LogP contribution < -0.4 is 10.6 Å². The average Bonchev–Trinajstić information content (AvgIpc) is 2.45. The number of hydrogen-bond acceptors (Lipinski definition) is 2. The van der Waals surface area contributed by atoms with E-state index in [2.05, 4.69) is 34.9 Å². The summed E-state index contributed by atoms with van der Waals surface area (Å²) in [5.74, 6) is 0.984. The third-order valence-electron chi connectivity index (χ3n) is 4.03. The van der Waals surface area contributed by atoms with Crippen LogP contribution in [-0.2, 0) is 6.54 Å². The molecule has 1 aromatic rings. The number of nitrogens with one attached hydrogen (secondary N) is 2. The lowest BCUT2D eigenvalue weighted by atomic mass is 9.87. The van der Waals surface area contributed by atoms with Crippen molar-refractivity contribution in [2.75, 3.05) is 18.9 Å². The van der Waals surface area contributed by atoms with Crippen molar-refractivity contribution < 1.29 is 0 Å². The summed E-state index contributed by atoms with van der Waals surface area (Å²) >= 11 is 0. The molecule has 1 aliphatic carbocycles. The average molecular weight is 246 g/mol. The van der Waals surface area contributed by atoms with Crippen molar-refractivity contribution in [2.45, 2.75) is 45.1 Å². The van der Waals surface area contributed by atoms with E-state index in [0.29, 0.717) is 0 Å². The van der Waals surface area contributed by atoms with Crippen LogP contribution in [0.2, 0.25) is 0 Å². The van der Waals surface area contributed by atoms with E-state index in [1.165, 1.54) is 56.3 Å². The van der Waals surface area contributed by atoms with Crippen molar-refractivity contribution in [3.05, 3.63) is 29.8 Å². The Morgan fingerprint density at radius 2 is 1.78 bits per heavy atom. The van der Waals surface area contributed by atoms with Crippen molar-refractivity contribution in [3.63, 3.8) is 0 Å². The Hall–Kier alpha value is -1.02. The van der Waals surface area contributed by atoms with E-state index in [0.717, 1.165) is 12.5 Å². The van der Waals surface area contributed by atoms with Crippen LogP contribution in [0, 0.1) is 5.92 Å². The van der Waals surface area contributed by atoms with E-state index in [1.807, 2.05) is 7.05 Å². The Balaban J connectivity index is 1.62. The quantitative estimate of drug-likeness (QED) is 0.746. The second-order valence-electron chi connectivity index (χ2n) is 5.42. The van der Waals surface area contributed by atoms with Crippen molar-refractivity contribution in [1.29, 1.82) is 0 Å². The first kappa shape index (κ1) is 13.4. The minimum absolute atomic E-state index is 0.984. The van der Waals surface area contributed by atoms with Crippen LogP contribution in [0.3, 0.4) is 0 Å². The first-order valence-electron chi connectivity index (χ1n) is 7.36. The van der Waals surface area contributed by atoms with Gasteiger partial charge in [-0.15, -0.1) is 0 Å². The second kappa shape index (κ2) is 7.42. The van der Waals surface area contributed by atoms with Crippen molar-refractivity contribution >= 4 is 5.69 Å². The molecule has 2 heteroatoms. The summed E-state index contributed by atoms with van der Waals surface area (Å²) < 4.78 is 0. The molecule has 0 aromatic heterocycles. The van der Waals surface area contributed by atoms with Gasteiger partial charge < -0.3 is 10.6 Å². The zero-order valence-electron chi connectivity index (χ0n) is 11.5. The molecule has 2 N–H and O–H groups in total. The molecule has 1 aromatic carbocycles. The highest BCUT2D eigenvalue weighted by Gasteiger charge is 2.12. The van der Waals surface area contributed by atoms with Gasteiger partial charge in [0.1, 0.15) is 0 Å². The molecule has 18 heavy (non-hydrogen) atoms. The molecule has 0 spiro atoms. The van der Waals surface area contributed by atoms with Gasteiger partial charge in [-0.2, -0.15) is 0 Å². The third-order valence-corrected chi connectivity index (χ3v) is 4.03. The van der Waals surface area contributed by atoms with Gasteiger partial charge >= 0.3 is 0 Å². The Morgan fingerprint density at radius 1 is 1.06 bits per heavy atom. The van der Waals surface area contributed by atoms with Gasteiger partial charge in [0.2, 0.25) is 0 Å². The third kappa shape index (κ3) is 4.34. The van der Waals surface area contributed by atoms with Gasteiger partial charge in [0.25, 0.3) is 0 Å². The molecule has 0 radical (unpaired) electrons. The molecule has 0 saturated heterocycles. The zero-order chi connectivity index (χ0) is 12.6. The molecular weight excluding hydrogens is 220 g/mol. The first-order chi connectivity index (χ1) is 8.88. The number of rotatable bonds is 6. The summed E-state index contributed by atoms with van der Waals surface area (Å²) in [6, 6.07) is 8.66. The summed E-state index contributed by atoms with van der Waals surface area (Å²) in [4.78, 5) is 0. The normalized spacial score (nSPS) is 16.7. The summed E-state index contributed by atoms with van der Waals surface area (Å²) in [7, 11) is 1.96. The SMILES string of the molecule is CNc1ccc(CNCCC2CCCCC2)cc1. The molecule has 1 saturated carbocycles. The number of hydrogen-bond donors (Lipinski definition) is 2. The van der Waals surface area contributed by atoms with Crippen LogP contribution in [0.4, 0.5) is 5.69 Å². The molecule has 0 heterocycles. The van der Waals surface area contributed by atoms with E-state index in [-0.39, 0.29) is 0 Å². The van der Waals surface area contributed by atoms with E-state index in [4.69, 9.17) is 0 Å². The van der Waals surface area contributed by atoms with Gasteiger partial charge in [0, 0.05) is 19.3 Å². The fourth-order valence-corrected chi connectivity index (χ4v) is 2.80. The van der Waals surface area contributed by atoms with Crippen LogP contribution in [0.5, 0.6) is 0 Å². The standard InChI is InChI=1S/C16H26N2/c1-17-16-9-7-15(8-10-16)13-18-12-11-14-5-3-2-4-6-14/h7-10,14,17-18H,2-6,11-13H2,1H3. The molecule has 2 rings (SSSR count). The Bertz CT molecular complexity index is 325. The molecule has 0 atom stereocenters. The molecule has 1 aliphatic rings. The van der Waals surface area contributed by atoms with Crippen LogP contribution in [0.25, 0.3) is 0 Å². The van der Waals surface area contributed by atoms with Crippen molar-refractivity contribution in [1.82, 2.24) is 5.32 Å². The van der Waals surface area contributed by atoms with Crippen LogP contribution in [0.15, 0.2) is 24.3 Å². The van der Waals surface area contributed by atoms with Gasteiger partial charge in [-0.3, -0.25) is 0 Å². The highest BCUT2D eigenvalue weighted by Crippen LogP contribution is 2.25. The van der Waals surface area contributed by atoms with Crippen molar-refractivity contribution in [2.24, 2.45) is 5.92 Å².